The van der Waals surface area contributed by atoms with Gasteiger partial charge in [-0.3, -0.25) is 4.55 Å². The fourth-order valence-corrected chi connectivity index (χ4v) is 0.402. The first-order valence-corrected chi connectivity index (χ1v) is 3.15. The van der Waals surface area contributed by atoms with Crippen LogP contribution in [0.15, 0.2) is 12.7 Å². The predicted molar refractivity (Wildman–Crippen MR) is 34.4 cm³/mol. The highest BCUT2D eigenvalue weighted by Gasteiger charge is 1.99. The predicted octanol–water partition coefficient (Wildman–Crippen LogP) is 0.628. The van der Waals surface area contributed by atoms with E-state index in [1.165, 1.54) is 6.08 Å². The summed E-state index contributed by atoms with van der Waals surface area (Å²) in [6.45, 7) is 2.97. The summed E-state index contributed by atoms with van der Waals surface area (Å²) in [7, 11) is -4.26. The molecule has 0 bridgehead atoms. The first-order valence-electron chi connectivity index (χ1n) is 1.79. The maximum atomic E-state index is 9.68. The van der Waals surface area contributed by atoms with Gasteiger partial charge in [-0.15, -0.1) is 6.58 Å². The average Bonchev–Trinajstić information content (AvgIpc) is 1.59. The molecule has 0 spiro atoms. The van der Waals surface area contributed by atoms with E-state index in [1.807, 2.05) is 0 Å². The van der Waals surface area contributed by atoms with E-state index in [9.17, 15) is 8.42 Å². The molecule has 0 rings (SSSR count). The maximum Gasteiger partial charge on any atom is 0.397 e. The van der Waals surface area contributed by atoms with Crippen LogP contribution in [0.25, 0.3) is 0 Å². The maximum absolute atomic E-state index is 9.68. The lowest BCUT2D eigenvalue weighted by molar-refractivity contribution is 0.296. The Bertz CT molecular complexity index is 157. The molecule has 5 heteroatoms. The van der Waals surface area contributed by atoms with E-state index in [1.54, 1.807) is 0 Å². The Morgan fingerprint density at radius 2 is 2.11 bits per heavy atom. The lowest BCUT2D eigenvalue weighted by Gasteiger charge is -1.90. The second-order valence-corrected chi connectivity index (χ2v) is 2.09. The Morgan fingerprint density at radius 3 is 2.22 bits per heavy atom. The third-order valence-electron chi connectivity index (χ3n) is 0.335. The summed E-state index contributed by atoms with van der Waals surface area (Å²) in [6, 6.07) is 0. The summed E-state index contributed by atoms with van der Waals surface area (Å²) >= 11 is 0. The standard InChI is InChI=1S/C3H6O4S.CH4/c1-2-3-7-8(4,5)6;/h2H,1,3H2,(H,4,5,6);1H4. The molecule has 9 heavy (non-hydrogen) atoms. The molecule has 56 valence electrons. The minimum atomic E-state index is -4.26. The van der Waals surface area contributed by atoms with Crippen molar-refractivity contribution in [1.29, 1.82) is 0 Å². The summed E-state index contributed by atoms with van der Waals surface area (Å²) in [5, 5.41) is 0. The van der Waals surface area contributed by atoms with Crippen LogP contribution < -0.4 is 0 Å². The van der Waals surface area contributed by atoms with E-state index in [2.05, 4.69) is 10.8 Å². The number of hydrogen-bond acceptors (Lipinski definition) is 3. The quantitative estimate of drug-likeness (QED) is 0.478. The van der Waals surface area contributed by atoms with Gasteiger partial charge in [0.2, 0.25) is 0 Å². The van der Waals surface area contributed by atoms with Gasteiger partial charge in [0.1, 0.15) is 0 Å². The summed E-state index contributed by atoms with van der Waals surface area (Å²) in [5.41, 5.74) is 0. The zero-order valence-corrected chi connectivity index (χ0v) is 4.89. The van der Waals surface area contributed by atoms with Gasteiger partial charge in [-0.05, 0) is 0 Å². The normalized spacial score (nSPS) is 9.89. The number of rotatable bonds is 3. The third kappa shape index (κ3) is 11.3. The first-order chi connectivity index (χ1) is 3.56. The molecule has 0 aromatic rings. The van der Waals surface area contributed by atoms with E-state index >= 15 is 0 Å². The minimum absolute atomic E-state index is 0. The van der Waals surface area contributed by atoms with Crippen molar-refractivity contribution in [1.82, 2.24) is 0 Å². The molecule has 0 saturated heterocycles. The van der Waals surface area contributed by atoms with Gasteiger partial charge in [0.05, 0.1) is 6.61 Å². The monoisotopic (exact) mass is 154 g/mol. The van der Waals surface area contributed by atoms with Crippen LogP contribution >= 0.6 is 0 Å². The van der Waals surface area contributed by atoms with Crippen molar-refractivity contribution in [3.8, 4) is 0 Å². The summed E-state index contributed by atoms with van der Waals surface area (Å²) < 4.78 is 31.0. The Balaban J connectivity index is 0. The van der Waals surface area contributed by atoms with Crippen LogP contribution in [0.4, 0.5) is 0 Å². The molecule has 0 aliphatic heterocycles. The van der Waals surface area contributed by atoms with Gasteiger partial charge in [-0.25, -0.2) is 4.18 Å². The molecule has 0 heterocycles. The second kappa shape index (κ2) is 4.49. The van der Waals surface area contributed by atoms with Crippen LogP contribution in [0.1, 0.15) is 7.43 Å². The average molecular weight is 154 g/mol. The van der Waals surface area contributed by atoms with Gasteiger partial charge in [0.15, 0.2) is 0 Å². The fraction of sp³-hybridized carbons (Fsp3) is 0.500. The molecular weight excluding hydrogens is 144 g/mol. The molecule has 4 nitrogen and oxygen atoms in total. The molecular formula is C4H10O4S. The van der Waals surface area contributed by atoms with Crippen molar-refractivity contribution in [2.45, 2.75) is 7.43 Å². The second-order valence-electron chi connectivity index (χ2n) is 1.00. The highest BCUT2D eigenvalue weighted by molar-refractivity contribution is 7.80. The van der Waals surface area contributed by atoms with Gasteiger partial charge in [-0.2, -0.15) is 8.42 Å². The van der Waals surface area contributed by atoms with Crippen LogP contribution in [-0.4, -0.2) is 19.6 Å². The Kier molecular flexibility index (Phi) is 5.69. The molecule has 1 N–H and O–H groups in total. The SMILES string of the molecule is C.C=CCOS(=O)(=O)O. The van der Waals surface area contributed by atoms with Crippen LogP contribution in [-0.2, 0) is 14.6 Å². The van der Waals surface area contributed by atoms with Gasteiger partial charge >= 0.3 is 10.4 Å². The molecule has 0 aromatic heterocycles. The Morgan fingerprint density at radius 1 is 1.67 bits per heavy atom. The molecule has 0 fully saturated rings. The molecule has 0 atom stereocenters. The first kappa shape index (κ1) is 11.4. The Hall–Kier alpha value is -0.390. The highest BCUT2D eigenvalue weighted by Crippen LogP contribution is 1.83. The topological polar surface area (TPSA) is 63.6 Å². The van der Waals surface area contributed by atoms with E-state index in [0.29, 0.717) is 0 Å². The zero-order valence-electron chi connectivity index (χ0n) is 4.07. The molecule has 0 radical (unpaired) electrons. The van der Waals surface area contributed by atoms with E-state index in [-0.39, 0.29) is 14.0 Å². The van der Waals surface area contributed by atoms with E-state index in [0.717, 1.165) is 0 Å². The molecule has 0 amide bonds. The third-order valence-corrected chi connectivity index (χ3v) is 0.769. The summed E-state index contributed by atoms with van der Waals surface area (Å²) in [6.07, 6.45) is 1.22. The Labute approximate surface area is 55.1 Å². The van der Waals surface area contributed by atoms with Crippen LogP contribution in [0.5, 0.6) is 0 Å². The highest BCUT2D eigenvalue weighted by atomic mass is 32.3. The molecule has 0 aliphatic carbocycles. The van der Waals surface area contributed by atoms with Crippen molar-refractivity contribution in [3.05, 3.63) is 12.7 Å². The largest absolute Gasteiger partial charge is 0.397 e. The number of hydrogen-bond donors (Lipinski definition) is 1. The van der Waals surface area contributed by atoms with Gasteiger partial charge < -0.3 is 0 Å². The van der Waals surface area contributed by atoms with Gasteiger partial charge in [-0.1, -0.05) is 13.5 Å². The smallest absolute Gasteiger partial charge is 0.264 e. The lowest BCUT2D eigenvalue weighted by atomic mass is 10.7. The fourth-order valence-electron chi connectivity index (χ4n) is 0.134. The van der Waals surface area contributed by atoms with Crippen molar-refractivity contribution < 1.29 is 17.2 Å². The van der Waals surface area contributed by atoms with E-state index < -0.39 is 10.4 Å². The minimum Gasteiger partial charge on any atom is -0.264 e. The van der Waals surface area contributed by atoms with Gasteiger partial charge in [0.25, 0.3) is 0 Å². The lowest BCUT2D eigenvalue weighted by Crippen LogP contribution is -2.02. The van der Waals surface area contributed by atoms with Crippen LogP contribution in [0, 0.1) is 0 Å². The molecule has 0 aromatic carbocycles. The summed E-state index contributed by atoms with van der Waals surface area (Å²) in [5.74, 6) is 0. The van der Waals surface area contributed by atoms with Crippen molar-refractivity contribution in [2.75, 3.05) is 6.61 Å². The van der Waals surface area contributed by atoms with Gasteiger partial charge in [0, 0.05) is 0 Å². The zero-order chi connectivity index (χ0) is 6.62. The molecule has 0 aliphatic rings. The van der Waals surface area contributed by atoms with Crippen LogP contribution in [0.2, 0.25) is 0 Å². The van der Waals surface area contributed by atoms with Crippen molar-refractivity contribution in [3.63, 3.8) is 0 Å². The van der Waals surface area contributed by atoms with Crippen molar-refractivity contribution >= 4 is 10.4 Å². The molecule has 0 unspecified atom stereocenters. The van der Waals surface area contributed by atoms with Crippen molar-refractivity contribution in [2.24, 2.45) is 0 Å². The summed E-state index contributed by atoms with van der Waals surface area (Å²) in [4.78, 5) is 0. The van der Waals surface area contributed by atoms with E-state index in [4.69, 9.17) is 4.55 Å². The molecule has 0 saturated carbocycles. The van der Waals surface area contributed by atoms with Crippen LogP contribution in [0.3, 0.4) is 0 Å².